The monoisotopic (exact) mass is 270 g/mol. The lowest BCUT2D eigenvalue weighted by atomic mass is 10.2. The number of aromatic nitrogens is 2. The van der Waals surface area contributed by atoms with E-state index in [-0.39, 0.29) is 0 Å². The molecule has 1 aromatic heterocycles. The number of anilines is 1. The number of nitrogens with one attached hydrogen (secondary N) is 1. The maximum Gasteiger partial charge on any atom is 0.106 e. The Morgan fingerprint density at radius 1 is 1.05 bits per heavy atom. The number of benzene rings is 1. The zero-order valence-electron chi connectivity index (χ0n) is 11.8. The number of nitrogens with zero attached hydrogens (tertiary/aromatic N) is 3. The van der Waals surface area contributed by atoms with Crippen molar-refractivity contribution < 1.29 is 0 Å². The molecule has 1 N–H and O–H groups in total. The third-order valence-corrected chi connectivity index (χ3v) is 3.94. The zero-order valence-corrected chi connectivity index (χ0v) is 11.8. The van der Waals surface area contributed by atoms with Crippen molar-refractivity contribution in [1.82, 2.24) is 14.9 Å². The number of para-hydroxylation sites is 1. The average Bonchev–Trinajstić information content (AvgIpc) is 3.02. The van der Waals surface area contributed by atoms with E-state index in [0.717, 1.165) is 38.4 Å². The second-order valence-corrected chi connectivity index (χ2v) is 5.30. The summed E-state index contributed by atoms with van der Waals surface area (Å²) in [5.74, 6) is 1.10. The Hall–Kier alpha value is -1.81. The normalized spacial score (nSPS) is 16.5. The number of imidazole rings is 1. The first-order chi connectivity index (χ1) is 9.92. The Morgan fingerprint density at radius 2 is 1.85 bits per heavy atom. The van der Waals surface area contributed by atoms with Crippen molar-refractivity contribution in [1.29, 1.82) is 0 Å². The largest absolute Gasteiger partial charge is 0.369 e. The van der Waals surface area contributed by atoms with Gasteiger partial charge in [-0.3, -0.25) is 4.90 Å². The van der Waals surface area contributed by atoms with E-state index in [9.17, 15) is 0 Å². The molecule has 1 aromatic carbocycles. The molecule has 1 fully saturated rings. The van der Waals surface area contributed by atoms with Crippen LogP contribution in [0.5, 0.6) is 0 Å². The quantitative estimate of drug-likeness (QED) is 0.904. The molecule has 0 radical (unpaired) electrons. The number of H-pyrrole nitrogens is 1. The summed E-state index contributed by atoms with van der Waals surface area (Å²) in [5.41, 5.74) is 1.35. The van der Waals surface area contributed by atoms with E-state index in [4.69, 9.17) is 0 Å². The summed E-state index contributed by atoms with van der Waals surface area (Å²) in [6, 6.07) is 10.7. The van der Waals surface area contributed by atoms with Crippen LogP contribution in [0, 0.1) is 0 Å². The Balaban J connectivity index is 1.40. The van der Waals surface area contributed by atoms with Crippen LogP contribution in [-0.4, -0.2) is 47.6 Å². The van der Waals surface area contributed by atoms with Gasteiger partial charge in [0.05, 0.1) is 0 Å². The molecule has 0 amide bonds. The fraction of sp³-hybridized carbons (Fsp3) is 0.438. The van der Waals surface area contributed by atoms with Crippen molar-refractivity contribution in [2.45, 2.75) is 12.8 Å². The lowest BCUT2D eigenvalue weighted by Gasteiger charge is -2.36. The van der Waals surface area contributed by atoms with E-state index in [2.05, 4.69) is 50.1 Å². The third kappa shape index (κ3) is 3.39. The van der Waals surface area contributed by atoms with Gasteiger partial charge in [0.1, 0.15) is 5.82 Å². The van der Waals surface area contributed by atoms with Crippen molar-refractivity contribution in [3.63, 3.8) is 0 Å². The lowest BCUT2D eigenvalue weighted by Crippen LogP contribution is -2.46. The van der Waals surface area contributed by atoms with Crippen LogP contribution < -0.4 is 4.90 Å². The molecule has 1 aliphatic heterocycles. The van der Waals surface area contributed by atoms with Gasteiger partial charge in [0, 0.05) is 50.7 Å². The van der Waals surface area contributed by atoms with E-state index in [1.807, 2.05) is 12.4 Å². The van der Waals surface area contributed by atoms with Crippen LogP contribution in [0.3, 0.4) is 0 Å². The number of aromatic amines is 1. The second kappa shape index (κ2) is 6.57. The average molecular weight is 270 g/mol. The van der Waals surface area contributed by atoms with Gasteiger partial charge in [-0.25, -0.2) is 4.98 Å². The molecule has 0 bridgehead atoms. The molecule has 4 nitrogen and oxygen atoms in total. The Bertz CT molecular complexity index is 486. The Labute approximate surface area is 120 Å². The Kier molecular flexibility index (Phi) is 4.33. The smallest absolute Gasteiger partial charge is 0.106 e. The highest BCUT2D eigenvalue weighted by Crippen LogP contribution is 2.15. The van der Waals surface area contributed by atoms with Crippen LogP contribution in [0.15, 0.2) is 42.7 Å². The summed E-state index contributed by atoms with van der Waals surface area (Å²) in [4.78, 5) is 12.5. The molecule has 1 saturated heterocycles. The highest BCUT2D eigenvalue weighted by molar-refractivity contribution is 5.46. The van der Waals surface area contributed by atoms with Crippen molar-refractivity contribution >= 4 is 5.69 Å². The SMILES string of the molecule is c1ccc(N2CCN(CCCc3ncc[nH]3)CC2)cc1. The number of piperazine rings is 1. The van der Waals surface area contributed by atoms with Crippen molar-refractivity contribution in [2.75, 3.05) is 37.6 Å². The first-order valence-electron chi connectivity index (χ1n) is 7.42. The molecule has 20 heavy (non-hydrogen) atoms. The van der Waals surface area contributed by atoms with E-state index < -0.39 is 0 Å². The predicted molar refractivity (Wildman–Crippen MR) is 82.0 cm³/mol. The van der Waals surface area contributed by atoms with E-state index >= 15 is 0 Å². The molecular formula is C16H22N4. The maximum atomic E-state index is 4.27. The van der Waals surface area contributed by atoms with Gasteiger partial charge in [-0.15, -0.1) is 0 Å². The van der Waals surface area contributed by atoms with Gasteiger partial charge in [0.25, 0.3) is 0 Å². The minimum atomic E-state index is 1.05. The van der Waals surface area contributed by atoms with E-state index in [1.165, 1.54) is 18.7 Å². The highest BCUT2D eigenvalue weighted by Gasteiger charge is 2.16. The Morgan fingerprint density at radius 3 is 2.55 bits per heavy atom. The molecule has 0 unspecified atom stereocenters. The molecule has 106 valence electrons. The molecule has 3 rings (SSSR count). The predicted octanol–water partition coefficient (Wildman–Crippen LogP) is 2.16. The van der Waals surface area contributed by atoms with E-state index in [0.29, 0.717) is 0 Å². The first-order valence-corrected chi connectivity index (χ1v) is 7.42. The number of rotatable bonds is 5. The fourth-order valence-corrected chi connectivity index (χ4v) is 2.77. The van der Waals surface area contributed by atoms with Gasteiger partial charge in [0.15, 0.2) is 0 Å². The molecule has 0 atom stereocenters. The molecule has 2 heterocycles. The molecule has 0 saturated carbocycles. The number of aryl methyl sites for hydroxylation is 1. The maximum absolute atomic E-state index is 4.27. The summed E-state index contributed by atoms with van der Waals surface area (Å²) in [6.07, 6.45) is 5.95. The summed E-state index contributed by atoms with van der Waals surface area (Å²) in [7, 11) is 0. The standard InChI is InChI=1S/C16H22N4/c1-2-5-15(6-3-1)20-13-11-19(12-14-20)10-4-7-16-17-8-9-18-16/h1-3,5-6,8-9H,4,7,10-14H2,(H,17,18). The van der Waals surface area contributed by atoms with Crippen LogP contribution in [0.4, 0.5) is 5.69 Å². The molecule has 0 spiro atoms. The van der Waals surface area contributed by atoms with Gasteiger partial charge in [-0.2, -0.15) is 0 Å². The van der Waals surface area contributed by atoms with Crippen LogP contribution in [0.1, 0.15) is 12.2 Å². The van der Waals surface area contributed by atoms with E-state index in [1.54, 1.807) is 0 Å². The van der Waals surface area contributed by atoms with Gasteiger partial charge in [-0.1, -0.05) is 18.2 Å². The molecular weight excluding hydrogens is 248 g/mol. The third-order valence-electron chi connectivity index (χ3n) is 3.94. The molecule has 2 aromatic rings. The first kappa shape index (κ1) is 13.2. The molecule has 4 heteroatoms. The minimum Gasteiger partial charge on any atom is -0.369 e. The van der Waals surface area contributed by atoms with Crippen LogP contribution in [0.2, 0.25) is 0 Å². The van der Waals surface area contributed by atoms with Crippen LogP contribution >= 0.6 is 0 Å². The summed E-state index contributed by atoms with van der Waals surface area (Å²) in [6.45, 7) is 5.75. The van der Waals surface area contributed by atoms with Crippen LogP contribution in [0.25, 0.3) is 0 Å². The van der Waals surface area contributed by atoms with Crippen molar-refractivity contribution in [2.24, 2.45) is 0 Å². The van der Waals surface area contributed by atoms with Gasteiger partial charge in [0.2, 0.25) is 0 Å². The number of hydrogen-bond acceptors (Lipinski definition) is 3. The second-order valence-electron chi connectivity index (χ2n) is 5.30. The lowest BCUT2D eigenvalue weighted by molar-refractivity contribution is 0.254. The molecule has 0 aliphatic carbocycles. The van der Waals surface area contributed by atoms with Gasteiger partial charge < -0.3 is 9.88 Å². The van der Waals surface area contributed by atoms with Gasteiger partial charge in [-0.05, 0) is 25.1 Å². The van der Waals surface area contributed by atoms with Crippen molar-refractivity contribution in [3.05, 3.63) is 48.5 Å². The topological polar surface area (TPSA) is 35.2 Å². The summed E-state index contributed by atoms with van der Waals surface area (Å²) >= 11 is 0. The molecule has 1 aliphatic rings. The fourth-order valence-electron chi connectivity index (χ4n) is 2.77. The minimum absolute atomic E-state index is 1.05. The zero-order chi connectivity index (χ0) is 13.6. The summed E-state index contributed by atoms with van der Waals surface area (Å²) in [5, 5.41) is 0. The summed E-state index contributed by atoms with van der Waals surface area (Å²) < 4.78 is 0. The highest BCUT2D eigenvalue weighted by atomic mass is 15.3. The number of hydrogen-bond donors (Lipinski definition) is 1. The van der Waals surface area contributed by atoms with Crippen molar-refractivity contribution in [3.8, 4) is 0 Å². The van der Waals surface area contributed by atoms with Gasteiger partial charge >= 0.3 is 0 Å². The van der Waals surface area contributed by atoms with Crippen LogP contribution in [-0.2, 0) is 6.42 Å².